The second-order valence-corrected chi connectivity index (χ2v) is 10.6. The molecule has 0 aliphatic carbocycles. The Morgan fingerprint density at radius 2 is 0.949 bits per heavy atom. The highest BCUT2D eigenvalue weighted by atomic mass is 32.1. The topological polar surface area (TPSA) is 35.6 Å². The third-order valence-electron chi connectivity index (χ3n) is 8.21. The molecule has 3 aromatic heterocycles. The van der Waals surface area contributed by atoms with Gasteiger partial charge in [-0.25, -0.2) is 0 Å². The van der Waals surface area contributed by atoms with Crippen LogP contribution in [0.25, 0.3) is 76.9 Å². The highest BCUT2D eigenvalue weighted by molar-refractivity contribution is 7.00. The van der Waals surface area contributed by atoms with Crippen molar-refractivity contribution < 1.29 is 0 Å². The van der Waals surface area contributed by atoms with Gasteiger partial charge in [0.25, 0.3) is 0 Å². The van der Waals surface area contributed by atoms with Crippen LogP contribution in [0.4, 0.5) is 0 Å². The summed E-state index contributed by atoms with van der Waals surface area (Å²) in [6, 6.07) is 35.4. The van der Waals surface area contributed by atoms with Crippen molar-refractivity contribution >= 4 is 66.4 Å². The number of benzene rings is 5. The largest absolute Gasteiger partial charge is 0.341 e. The van der Waals surface area contributed by atoms with Gasteiger partial charge >= 0.3 is 0 Å². The van der Waals surface area contributed by atoms with E-state index in [1.165, 1.54) is 66.5 Å². The first-order chi connectivity index (χ1) is 19.3. The molecule has 8 rings (SSSR count). The SMILES string of the molecule is CCn1c2ccccc2c2cc(-c3ccc(-c4ccc5c(c4)c4ccccc4n5CC)c4nsnc34)ccc21. The highest BCUT2D eigenvalue weighted by Crippen LogP contribution is 2.39. The van der Waals surface area contributed by atoms with E-state index in [2.05, 4.69) is 120 Å². The molecule has 0 aliphatic heterocycles. The molecule has 188 valence electrons. The molecule has 0 saturated heterocycles. The predicted octanol–water partition coefficient (Wildman–Crippen LogP) is 9.28. The molecule has 5 aromatic carbocycles. The summed E-state index contributed by atoms with van der Waals surface area (Å²) in [4.78, 5) is 0. The molecule has 0 fully saturated rings. The van der Waals surface area contributed by atoms with Crippen LogP contribution in [-0.2, 0) is 13.1 Å². The first kappa shape index (κ1) is 22.5. The Kier molecular flexibility index (Phi) is 4.91. The van der Waals surface area contributed by atoms with Crippen molar-refractivity contribution in [3.63, 3.8) is 0 Å². The minimum absolute atomic E-state index is 0.944. The molecule has 39 heavy (non-hydrogen) atoms. The summed E-state index contributed by atoms with van der Waals surface area (Å²) < 4.78 is 14.4. The summed E-state index contributed by atoms with van der Waals surface area (Å²) in [7, 11) is 0. The zero-order valence-corrected chi connectivity index (χ0v) is 22.7. The van der Waals surface area contributed by atoms with Crippen LogP contribution in [0.1, 0.15) is 13.8 Å². The van der Waals surface area contributed by atoms with Crippen LogP contribution in [0.3, 0.4) is 0 Å². The molecule has 0 atom stereocenters. The number of aryl methyl sites for hydroxylation is 2. The molecule has 0 N–H and O–H groups in total. The van der Waals surface area contributed by atoms with Gasteiger partial charge < -0.3 is 9.13 Å². The van der Waals surface area contributed by atoms with Crippen LogP contribution in [0.2, 0.25) is 0 Å². The molecule has 3 heterocycles. The molecule has 0 bridgehead atoms. The Morgan fingerprint density at radius 1 is 0.513 bits per heavy atom. The first-order valence-electron chi connectivity index (χ1n) is 13.5. The zero-order valence-electron chi connectivity index (χ0n) is 21.8. The van der Waals surface area contributed by atoms with Crippen LogP contribution >= 0.6 is 11.7 Å². The van der Waals surface area contributed by atoms with Gasteiger partial charge in [0.1, 0.15) is 11.0 Å². The zero-order chi connectivity index (χ0) is 26.1. The van der Waals surface area contributed by atoms with Gasteiger partial charge in [0.05, 0.1) is 11.7 Å². The molecule has 0 aliphatic rings. The molecular weight excluding hydrogens is 496 g/mol. The summed E-state index contributed by atoms with van der Waals surface area (Å²) in [5.74, 6) is 0. The van der Waals surface area contributed by atoms with Gasteiger partial charge in [-0.05, 0) is 61.4 Å². The average molecular weight is 523 g/mol. The Morgan fingerprint density at radius 3 is 1.41 bits per heavy atom. The fraction of sp³-hybridized carbons (Fsp3) is 0.118. The van der Waals surface area contributed by atoms with Gasteiger partial charge in [-0.3, -0.25) is 0 Å². The number of hydrogen-bond donors (Lipinski definition) is 0. The van der Waals surface area contributed by atoms with E-state index in [4.69, 9.17) is 8.75 Å². The quantitative estimate of drug-likeness (QED) is 0.231. The molecule has 0 saturated carbocycles. The number of aromatic nitrogens is 4. The lowest BCUT2D eigenvalue weighted by Gasteiger charge is -2.09. The Bertz CT molecular complexity index is 2060. The van der Waals surface area contributed by atoms with Crippen molar-refractivity contribution in [1.29, 1.82) is 0 Å². The molecule has 5 heteroatoms. The van der Waals surface area contributed by atoms with E-state index in [1.807, 2.05) is 0 Å². The summed E-state index contributed by atoms with van der Waals surface area (Å²) in [6.45, 7) is 6.31. The second kappa shape index (κ2) is 8.52. The lowest BCUT2D eigenvalue weighted by atomic mass is 9.96. The van der Waals surface area contributed by atoms with Gasteiger partial charge in [-0.2, -0.15) is 8.75 Å². The molecule has 0 radical (unpaired) electrons. The summed E-state index contributed by atoms with van der Waals surface area (Å²) in [5, 5.41) is 5.14. The molecule has 0 amide bonds. The van der Waals surface area contributed by atoms with E-state index >= 15 is 0 Å². The lowest BCUT2D eigenvalue weighted by molar-refractivity contribution is 0.827. The van der Waals surface area contributed by atoms with E-state index in [9.17, 15) is 0 Å². The molecule has 0 unspecified atom stereocenters. The number of fused-ring (bicyclic) bond motifs is 7. The summed E-state index contributed by atoms with van der Waals surface area (Å²) in [5.41, 5.74) is 11.6. The highest BCUT2D eigenvalue weighted by Gasteiger charge is 2.17. The van der Waals surface area contributed by atoms with Crippen LogP contribution < -0.4 is 0 Å². The van der Waals surface area contributed by atoms with E-state index in [-0.39, 0.29) is 0 Å². The van der Waals surface area contributed by atoms with Crippen LogP contribution in [0.5, 0.6) is 0 Å². The molecule has 8 aromatic rings. The maximum atomic E-state index is 4.80. The maximum Gasteiger partial charge on any atom is 0.113 e. The van der Waals surface area contributed by atoms with Crippen molar-refractivity contribution in [3.05, 3.63) is 97.1 Å². The van der Waals surface area contributed by atoms with Crippen molar-refractivity contribution in [2.75, 3.05) is 0 Å². The number of nitrogens with zero attached hydrogens (tertiary/aromatic N) is 4. The Hall–Kier alpha value is -4.48. The van der Waals surface area contributed by atoms with E-state index in [1.54, 1.807) is 0 Å². The van der Waals surface area contributed by atoms with E-state index < -0.39 is 0 Å². The third kappa shape index (κ3) is 3.17. The smallest absolute Gasteiger partial charge is 0.113 e. The fourth-order valence-electron chi connectivity index (χ4n) is 6.46. The molecule has 4 nitrogen and oxygen atoms in total. The lowest BCUT2D eigenvalue weighted by Crippen LogP contribution is -1.93. The fourth-order valence-corrected chi connectivity index (χ4v) is 7.03. The number of para-hydroxylation sites is 2. The van der Waals surface area contributed by atoms with Gasteiger partial charge in [0.2, 0.25) is 0 Å². The summed E-state index contributed by atoms with van der Waals surface area (Å²) >= 11 is 1.29. The standard InChI is InChI=1S/C34H26N4S/c1-3-37-29-11-7-5-9-25(29)27-19-21(13-17-31(27)37)23-15-16-24(34-33(23)35-39-36-34)22-14-18-32-28(20-22)26-10-6-8-12-30(26)38(32)4-2/h5-20H,3-4H2,1-2H3. The Balaban J connectivity index is 1.31. The van der Waals surface area contributed by atoms with Crippen molar-refractivity contribution in [2.24, 2.45) is 0 Å². The first-order valence-corrected chi connectivity index (χ1v) is 14.3. The minimum atomic E-state index is 0.944. The van der Waals surface area contributed by atoms with Crippen molar-refractivity contribution in [3.8, 4) is 22.3 Å². The van der Waals surface area contributed by atoms with Gasteiger partial charge in [0.15, 0.2) is 0 Å². The Labute approximate surface area is 230 Å². The van der Waals surface area contributed by atoms with Crippen LogP contribution in [0, 0.1) is 0 Å². The van der Waals surface area contributed by atoms with Crippen molar-refractivity contribution in [2.45, 2.75) is 26.9 Å². The average Bonchev–Trinajstić information content (AvgIpc) is 3.69. The third-order valence-corrected chi connectivity index (χ3v) is 8.74. The van der Waals surface area contributed by atoms with E-state index in [0.717, 1.165) is 35.2 Å². The van der Waals surface area contributed by atoms with Gasteiger partial charge in [-0.1, -0.05) is 60.7 Å². The van der Waals surface area contributed by atoms with Gasteiger partial charge in [0, 0.05) is 67.8 Å². The normalized spacial score (nSPS) is 12.1. The molecular formula is C34H26N4S. The minimum Gasteiger partial charge on any atom is -0.341 e. The second-order valence-electron chi connectivity index (χ2n) is 10.1. The van der Waals surface area contributed by atoms with E-state index in [0.29, 0.717) is 0 Å². The molecule has 0 spiro atoms. The monoisotopic (exact) mass is 522 g/mol. The van der Waals surface area contributed by atoms with Crippen LogP contribution in [-0.4, -0.2) is 17.9 Å². The predicted molar refractivity (Wildman–Crippen MR) is 166 cm³/mol. The number of hydrogen-bond acceptors (Lipinski definition) is 3. The maximum absolute atomic E-state index is 4.80. The number of rotatable bonds is 4. The van der Waals surface area contributed by atoms with Crippen LogP contribution in [0.15, 0.2) is 97.1 Å². The van der Waals surface area contributed by atoms with Gasteiger partial charge in [-0.15, -0.1) is 0 Å². The van der Waals surface area contributed by atoms with Crippen molar-refractivity contribution in [1.82, 2.24) is 17.9 Å². The summed E-state index contributed by atoms with van der Waals surface area (Å²) in [6.07, 6.45) is 0.